The van der Waals surface area contributed by atoms with E-state index in [0.717, 1.165) is 32.5 Å². The second kappa shape index (κ2) is 6.12. The van der Waals surface area contributed by atoms with Crippen LogP contribution in [-0.2, 0) is 9.59 Å². The van der Waals surface area contributed by atoms with E-state index < -0.39 is 11.9 Å². The molecule has 0 radical (unpaired) electrons. The SMILES string of the molecule is CCC1CN(C(=O)C2CC(C)CC2C(=O)O)CCN1C. The molecule has 2 rings (SSSR count). The van der Waals surface area contributed by atoms with Gasteiger partial charge in [-0.05, 0) is 32.2 Å². The Hall–Kier alpha value is -1.10. The van der Waals surface area contributed by atoms with Crippen molar-refractivity contribution in [2.24, 2.45) is 17.8 Å². The Morgan fingerprint density at radius 1 is 1.20 bits per heavy atom. The molecule has 1 saturated carbocycles. The van der Waals surface area contributed by atoms with Gasteiger partial charge in [0.05, 0.1) is 11.8 Å². The Morgan fingerprint density at radius 2 is 1.85 bits per heavy atom. The van der Waals surface area contributed by atoms with Gasteiger partial charge in [0, 0.05) is 25.7 Å². The van der Waals surface area contributed by atoms with Crippen molar-refractivity contribution in [3.63, 3.8) is 0 Å². The molecule has 20 heavy (non-hydrogen) atoms. The summed E-state index contributed by atoms with van der Waals surface area (Å²) in [5.74, 6) is -1.22. The van der Waals surface area contributed by atoms with Gasteiger partial charge in [-0.25, -0.2) is 0 Å². The fourth-order valence-electron chi connectivity index (χ4n) is 3.66. The van der Waals surface area contributed by atoms with E-state index in [1.54, 1.807) is 0 Å². The number of nitrogens with zero attached hydrogens (tertiary/aromatic N) is 2. The van der Waals surface area contributed by atoms with E-state index in [1.807, 2.05) is 11.8 Å². The Bertz CT molecular complexity index is 385. The first-order chi connectivity index (χ1) is 9.43. The van der Waals surface area contributed by atoms with Gasteiger partial charge in [-0.2, -0.15) is 0 Å². The third kappa shape index (κ3) is 2.97. The number of carboxylic acids is 1. The fraction of sp³-hybridized carbons (Fsp3) is 0.867. The zero-order chi connectivity index (χ0) is 14.9. The van der Waals surface area contributed by atoms with E-state index in [0.29, 0.717) is 18.4 Å². The quantitative estimate of drug-likeness (QED) is 0.847. The van der Waals surface area contributed by atoms with Crippen LogP contribution in [0.15, 0.2) is 0 Å². The molecule has 1 N–H and O–H groups in total. The summed E-state index contributed by atoms with van der Waals surface area (Å²) < 4.78 is 0. The second-order valence-corrected chi connectivity index (χ2v) is 6.45. The maximum absolute atomic E-state index is 12.7. The van der Waals surface area contributed by atoms with Gasteiger partial charge in [-0.15, -0.1) is 0 Å². The molecule has 1 saturated heterocycles. The molecule has 0 bridgehead atoms. The van der Waals surface area contributed by atoms with Crippen LogP contribution >= 0.6 is 0 Å². The summed E-state index contributed by atoms with van der Waals surface area (Å²) in [6, 6.07) is 0.398. The number of carboxylic acid groups (broad SMARTS) is 1. The zero-order valence-corrected chi connectivity index (χ0v) is 12.7. The largest absolute Gasteiger partial charge is 0.481 e. The van der Waals surface area contributed by atoms with Gasteiger partial charge in [0.2, 0.25) is 5.91 Å². The number of rotatable bonds is 3. The van der Waals surface area contributed by atoms with Crippen molar-refractivity contribution in [1.29, 1.82) is 0 Å². The van der Waals surface area contributed by atoms with Gasteiger partial charge in [0.1, 0.15) is 0 Å². The number of carbonyl (C=O) groups excluding carboxylic acids is 1. The number of likely N-dealkylation sites (N-methyl/N-ethyl adjacent to an activating group) is 1. The van der Waals surface area contributed by atoms with Crippen LogP contribution in [0.25, 0.3) is 0 Å². The molecule has 4 atom stereocenters. The average molecular weight is 282 g/mol. The summed E-state index contributed by atoms with van der Waals surface area (Å²) in [5.41, 5.74) is 0. The summed E-state index contributed by atoms with van der Waals surface area (Å²) in [4.78, 5) is 28.2. The van der Waals surface area contributed by atoms with Crippen LogP contribution in [0.4, 0.5) is 0 Å². The predicted octanol–water partition coefficient (Wildman–Crippen LogP) is 1.29. The third-order valence-corrected chi connectivity index (χ3v) is 4.99. The fourth-order valence-corrected chi connectivity index (χ4v) is 3.66. The molecule has 0 aromatic heterocycles. The molecule has 1 aliphatic carbocycles. The Labute approximate surface area is 120 Å². The van der Waals surface area contributed by atoms with Crippen LogP contribution in [0.5, 0.6) is 0 Å². The predicted molar refractivity (Wildman–Crippen MR) is 76.3 cm³/mol. The van der Waals surface area contributed by atoms with Crippen molar-refractivity contribution in [2.75, 3.05) is 26.7 Å². The van der Waals surface area contributed by atoms with Gasteiger partial charge in [-0.1, -0.05) is 13.8 Å². The van der Waals surface area contributed by atoms with E-state index in [9.17, 15) is 14.7 Å². The van der Waals surface area contributed by atoms with Gasteiger partial charge in [0.25, 0.3) is 0 Å². The summed E-state index contributed by atoms with van der Waals surface area (Å²) in [6.07, 6.45) is 2.37. The number of hydrogen-bond donors (Lipinski definition) is 1. The first-order valence-electron chi connectivity index (χ1n) is 7.65. The molecular weight excluding hydrogens is 256 g/mol. The number of aliphatic carboxylic acids is 1. The van der Waals surface area contributed by atoms with E-state index in [2.05, 4.69) is 18.9 Å². The molecule has 1 heterocycles. The van der Waals surface area contributed by atoms with Gasteiger partial charge < -0.3 is 10.0 Å². The molecule has 2 aliphatic rings. The highest BCUT2D eigenvalue weighted by molar-refractivity contribution is 5.85. The third-order valence-electron chi connectivity index (χ3n) is 4.99. The van der Waals surface area contributed by atoms with Crippen LogP contribution in [0.2, 0.25) is 0 Å². The van der Waals surface area contributed by atoms with E-state index >= 15 is 0 Å². The Kier molecular flexibility index (Phi) is 4.68. The highest BCUT2D eigenvalue weighted by atomic mass is 16.4. The first kappa shape index (κ1) is 15.3. The van der Waals surface area contributed by atoms with Crippen LogP contribution in [0.1, 0.15) is 33.1 Å². The van der Waals surface area contributed by atoms with Crippen molar-refractivity contribution < 1.29 is 14.7 Å². The van der Waals surface area contributed by atoms with Gasteiger partial charge >= 0.3 is 5.97 Å². The maximum atomic E-state index is 12.7. The highest BCUT2D eigenvalue weighted by Crippen LogP contribution is 2.37. The molecule has 0 spiro atoms. The molecule has 0 aromatic rings. The topological polar surface area (TPSA) is 60.9 Å². The van der Waals surface area contributed by atoms with Crippen LogP contribution < -0.4 is 0 Å². The maximum Gasteiger partial charge on any atom is 0.307 e. The molecule has 0 aromatic carbocycles. The summed E-state index contributed by atoms with van der Waals surface area (Å²) in [5, 5.41) is 9.31. The lowest BCUT2D eigenvalue weighted by Gasteiger charge is -2.40. The molecule has 4 unspecified atom stereocenters. The summed E-state index contributed by atoms with van der Waals surface area (Å²) in [6.45, 7) is 6.52. The van der Waals surface area contributed by atoms with Crippen molar-refractivity contribution in [1.82, 2.24) is 9.80 Å². The van der Waals surface area contributed by atoms with E-state index in [4.69, 9.17) is 0 Å². The van der Waals surface area contributed by atoms with Gasteiger partial charge in [0.15, 0.2) is 0 Å². The molecule has 1 amide bonds. The standard InChI is InChI=1S/C15H26N2O3/c1-4-11-9-17(6-5-16(11)3)14(18)12-7-10(2)8-13(12)15(19)20/h10-13H,4-9H2,1-3H3,(H,19,20). The minimum Gasteiger partial charge on any atom is -0.481 e. The molecular formula is C15H26N2O3. The average Bonchev–Trinajstić information content (AvgIpc) is 2.81. The minimum absolute atomic E-state index is 0.0632. The number of hydrogen-bond acceptors (Lipinski definition) is 3. The molecule has 114 valence electrons. The lowest BCUT2D eigenvalue weighted by atomic mass is 9.94. The van der Waals surface area contributed by atoms with Crippen LogP contribution in [0.3, 0.4) is 0 Å². The monoisotopic (exact) mass is 282 g/mol. The first-order valence-corrected chi connectivity index (χ1v) is 7.65. The highest BCUT2D eigenvalue weighted by Gasteiger charge is 2.43. The van der Waals surface area contributed by atoms with Crippen molar-refractivity contribution in [3.8, 4) is 0 Å². The Balaban J connectivity index is 2.05. The number of piperazine rings is 1. The normalized spacial score (nSPS) is 35.2. The Morgan fingerprint density at radius 3 is 2.45 bits per heavy atom. The lowest BCUT2D eigenvalue weighted by Crippen LogP contribution is -2.54. The minimum atomic E-state index is -0.811. The number of carbonyl (C=O) groups is 2. The second-order valence-electron chi connectivity index (χ2n) is 6.45. The van der Waals surface area contributed by atoms with Gasteiger partial charge in [-0.3, -0.25) is 14.5 Å². The smallest absolute Gasteiger partial charge is 0.307 e. The van der Waals surface area contributed by atoms with Crippen molar-refractivity contribution in [3.05, 3.63) is 0 Å². The zero-order valence-electron chi connectivity index (χ0n) is 12.7. The summed E-state index contributed by atoms with van der Waals surface area (Å²) in [7, 11) is 2.09. The molecule has 2 fully saturated rings. The molecule has 1 aliphatic heterocycles. The van der Waals surface area contributed by atoms with E-state index in [1.165, 1.54) is 0 Å². The number of amides is 1. The van der Waals surface area contributed by atoms with E-state index in [-0.39, 0.29) is 11.8 Å². The van der Waals surface area contributed by atoms with Crippen LogP contribution in [-0.4, -0.2) is 59.5 Å². The summed E-state index contributed by atoms with van der Waals surface area (Å²) >= 11 is 0. The van der Waals surface area contributed by atoms with Crippen molar-refractivity contribution >= 4 is 11.9 Å². The molecule has 5 heteroatoms. The van der Waals surface area contributed by atoms with Crippen molar-refractivity contribution in [2.45, 2.75) is 39.2 Å². The molecule has 5 nitrogen and oxygen atoms in total. The van der Waals surface area contributed by atoms with Crippen LogP contribution in [0, 0.1) is 17.8 Å². The lowest BCUT2D eigenvalue weighted by molar-refractivity contribution is -0.150.